The van der Waals surface area contributed by atoms with Gasteiger partial charge in [0.15, 0.2) is 5.16 Å². The van der Waals surface area contributed by atoms with E-state index in [-0.39, 0.29) is 17.2 Å². The van der Waals surface area contributed by atoms with Gasteiger partial charge in [-0.05, 0) is 49.4 Å². The molecule has 0 saturated heterocycles. The van der Waals surface area contributed by atoms with E-state index in [9.17, 15) is 9.59 Å². The molecule has 0 bridgehead atoms. The zero-order chi connectivity index (χ0) is 24.6. The molecule has 4 aromatic rings. The summed E-state index contributed by atoms with van der Waals surface area (Å²) in [5, 5.41) is 4.92. The number of nitrogens with one attached hydrogen (secondary N) is 1. The quantitative estimate of drug-likeness (QED) is 0.171. The Morgan fingerprint density at radius 2 is 1.83 bits per heavy atom. The van der Waals surface area contributed by atoms with Crippen LogP contribution in [0.25, 0.3) is 22.7 Å². The van der Waals surface area contributed by atoms with Gasteiger partial charge in [-0.15, -0.1) is 0 Å². The minimum atomic E-state index is -0.310. The highest BCUT2D eigenvalue weighted by Gasteiger charge is 2.14. The van der Waals surface area contributed by atoms with Gasteiger partial charge in [0.1, 0.15) is 5.75 Å². The van der Waals surface area contributed by atoms with Crippen LogP contribution in [0.15, 0.2) is 93.9 Å². The molecule has 8 heteroatoms. The third-order valence-electron chi connectivity index (χ3n) is 5.13. The van der Waals surface area contributed by atoms with Gasteiger partial charge in [-0.25, -0.2) is 10.4 Å². The molecule has 1 N–H and O–H groups in total. The van der Waals surface area contributed by atoms with Crippen molar-refractivity contribution in [3.8, 4) is 11.4 Å². The average molecular weight is 485 g/mol. The van der Waals surface area contributed by atoms with Crippen LogP contribution in [0.1, 0.15) is 11.1 Å². The fraction of sp³-hybridized carbons (Fsp3) is 0.111. The second-order valence-electron chi connectivity index (χ2n) is 7.59. The van der Waals surface area contributed by atoms with Gasteiger partial charge in [-0.2, -0.15) is 5.10 Å². The molecule has 7 nitrogen and oxygen atoms in total. The number of hydrogen-bond donors (Lipinski definition) is 1. The lowest BCUT2D eigenvalue weighted by Gasteiger charge is -2.13. The number of hydrogen-bond acceptors (Lipinski definition) is 6. The van der Waals surface area contributed by atoms with E-state index in [0.717, 1.165) is 16.9 Å². The lowest BCUT2D eigenvalue weighted by Crippen LogP contribution is -2.24. The number of methoxy groups -OCH3 is 1. The van der Waals surface area contributed by atoms with E-state index in [1.54, 1.807) is 29.9 Å². The Morgan fingerprint density at radius 3 is 2.63 bits per heavy atom. The number of nitrogens with zero attached hydrogens (tertiary/aromatic N) is 3. The fourth-order valence-corrected chi connectivity index (χ4v) is 4.20. The maximum atomic E-state index is 13.3. The molecule has 0 aliphatic heterocycles. The third-order valence-corrected chi connectivity index (χ3v) is 6.07. The summed E-state index contributed by atoms with van der Waals surface area (Å²) >= 11 is 1.18. The Bertz CT molecular complexity index is 1460. The van der Waals surface area contributed by atoms with Gasteiger partial charge in [0.25, 0.3) is 11.5 Å². The number of para-hydroxylation sites is 2. The number of aryl methyl sites for hydroxylation is 1. The Balaban J connectivity index is 1.47. The van der Waals surface area contributed by atoms with Gasteiger partial charge in [0, 0.05) is 11.8 Å². The van der Waals surface area contributed by atoms with Crippen LogP contribution in [0.4, 0.5) is 0 Å². The summed E-state index contributed by atoms with van der Waals surface area (Å²) in [6, 6.07) is 22.4. The molecule has 1 aromatic heterocycles. The highest BCUT2D eigenvalue weighted by molar-refractivity contribution is 7.99. The molecule has 4 rings (SSSR count). The summed E-state index contributed by atoms with van der Waals surface area (Å²) in [7, 11) is 1.61. The molecular weight excluding hydrogens is 460 g/mol. The number of ether oxygens (including phenoxy) is 1. The van der Waals surface area contributed by atoms with Gasteiger partial charge in [0.2, 0.25) is 0 Å². The average Bonchev–Trinajstić information content (AvgIpc) is 2.88. The van der Waals surface area contributed by atoms with Gasteiger partial charge >= 0.3 is 0 Å². The van der Waals surface area contributed by atoms with Crippen molar-refractivity contribution < 1.29 is 9.53 Å². The van der Waals surface area contributed by atoms with E-state index in [1.165, 1.54) is 18.0 Å². The smallest absolute Gasteiger partial charge is 0.266 e. The number of carbonyl (C=O) groups excluding carboxylic acids is 1. The molecule has 0 unspecified atom stereocenters. The largest absolute Gasteiger partial charge is 0.496 e. The van der Waals surface area contributed by atoms with E-state index in [1.807, 2.05) is 73.7 Å². The zero-order valence-corrected chi connectivity index (χ0v) is 20.2. The highest BCUT2D eigenvalue weighted by Crippen LogP contribution is 2.21. The molecule has 0 aliphatic carbocycles. The topological polar surface area (TPSA) is 85.6 Å². The van der Waals surface area contributed by atoms with E-state index in [4.69, 9.17) is 4.74 Å². The summed E-state index contributed by atoms with van der Waals surface area (Å²) in [6.07, 6.45) is 5.04. The Kier molecular flexibility index (Phi) is 7.74. The summed E-state index contributed by atoms with van der Waals surface area (Å²) in [5.74, 6) is 0.486. The van der Waals surface area contributed by atoms with Gasteiger partial charge in [-0.3, -0.25) is 14.2 Å². The number of allylic oxidation sites excluding steroid dienone is 1. The van der Waals surface area contributed by atoms with Crippen LogP contribution in [0.3, 0.4) is 0 Å². The van der Waals surface area contributed by atoms with E-state index in [2.05, 4.69) is 15.5 Å². The predicted octanol–water partition coefficient (Wildman–Crippen LogP) is 4.61. The van der Waals surface area contributed by atoms with Crippen molar-refractivity contribution in [1.29, 1.82) is 0 Å². The number of thioether (sulfide) groups is 1. The molecule has 35 heavy (non-hydrogen) atoms. The molecule has 0 radical (unpaired) electrons. The van der Waals surface area contributed by atoms with Crippen molar-refractivity contribution in [3.63, 3.8) is 0 Å². The first-order chi connectivity index (χ1) is 17.1. The van der Waals surface area contributed by atoms with Crippen LogP contribution in [0.2, 0.25) is 0 Å². The second-order valence-corrected chi connectivity index (χ2v) is 8.53. The molecule has 3 aromatic carbocycles. The lowest BCUT2D eigenvalue weighted by molar-refractivity contribution is -0.118. The minimum absolute atomic E-state index is 0.0458. The molecular formula is C27H24N4O3S. The minimum Gasteiger partial charge on any atom is -0.496 e. The molecule has 176 valence electrons. The molecule has 1 heterocycles. The standard InChI is InChI=1S/C27H24N4O3S/c1-19-13-15-21(16-14-19)31-26(33)22-10-4-5-11-23(22)29-27(31)35-18-25(32)30-28-17-7-9-20-8-3-6-12-24(20)34-2/h3-17H,18H2,1-2H3,(H,30,32). The zero-order valence-electron chi connectivity index (χ0n) is 19.3. The van der Waals surface area contributed by atoms with Crippen molar-refractivity contribution >= 4 is 40.9 Å². The van der Waals surface area contributed by atoms with E-state index in [0.29, 0.717) is 21.7 Å². The Labute approximate surface area is 207 Å². The van der Waals surface area contributed by atoms with Crippen molar-refractivity contribution in [2.24, 2.45) is 5.10 Å². The Hall–Kier alpha value is -4.17. The third kappa shape index (κ3) is 5.85. The maximum absolute atomic E-state index is 13.3. The fourth-order valence-electron chi connectivity index (χ4n) is 3.40. The maximum Gasteiger partial charge on any atom is 0.266 e. The number of carbonyl (C=O) groups is 1. The SMILES string of the molecule is COc1ccccc1C=CC=NNC(=O)CSc1nc2ccccc2c(=O)n1-c1ccc(C)cc1. The summed E-state index contributed by atoms with van der Waals surface area (Å²) < 4.78 is 6.84. The first-order valence-electron chi connectivity index (χ1n) is 10.9. The number of benzene rings is 3. The van der Waals surface area contributed by atoms with E-state index >= 15 is 0 Å². The molecule has 0 fully saturated rings. The lowest BCUT2D eigenvalue weighted by atomic mass is 10.2. The first-order valence-corrected chi connectivity index (χ1v) is 11.9. The number of rotatable bonds is 8. The van der Waals surface area contributed by atoms with Crippen molar-refractivity contribution in [1.82, 2.24) is 15.0 Å². The van der Waals surface area contributed by atoms with Crippen LogP contribution in [0.5, 0.6) is 5.75 Å². The molecule has 0 spiro atoms. The number of amides is 1. The Morgan fingerprint density at radius 1 is 1.09 bits per heavy atom. The predicted molar refractivity (Wildman–Crippen MR) is 141 cm³/mol. The monoisotopic (exact) mass is 484 g/mol. The number of fused-ring (bicyclic) bond motifs is 1. The van der Waals surface area contributed by atoms with Gasteiger partial charge in [-0.1, -0.05) is 59.8 Å². The molecule has 0 atom stereocenters. The number of hydrazone groups is 1. The van der Waals surface area contributed by atoms with Gasteiger partial charge < -0.3 is 4.74 Å². The van der Waals surface area contributed by atoms with Crippen LogP contribution in [0, 0.1) is 6.92 Å². The van der Waals surface area contributed by atoms with Gasteiger partial charge in [0.05, 0.1) is 29.5 Å². The summed E-state index contributed by atoms with van der Waals surface area (Å²) in [4.78, 5) is 30.3. The normalized spacial score (nSPS) is 11.4. The molecule has 0 saturated carbocycles. The summed E-state index contributed by atoms with van der Waals surface area (Å²) in [6.45, 7) is 1.98. The second kappa shape index (κ2) is 11.3. The highest BCUT2D eigenvalue weighted by atomic mass is 32.2. The van der Waals surface area contributed by atoms with Crippen molar-refractivity contribution in [2.45, 2.75) is 12.1 Å². The first kappa shape index (κ1) is 24.0. The summed E-state index contributed by atoms with van der Waals surface area (Å²) in [5.41, 5.74) is 5.59. The van der Waals surface area contributed by atoms with Crippen LogP contribution in [-0.4, -0.2) is 34.5 Å². The van der Waals surface area contributed by atoms with E-state index < -0.39 is 0 Å². The van der Waals surface area contributed by atoms with Crippen LogP contribution >= 0.6 is 11.8 Å². The van der Waals surface area contributed by atoms with Crippen molar-refractivity contribution in [3.05, 3.63) is 100 Å². The number of aromatic nitrogens is 2. The van der Waals surface area contributed by atoms with Crippen LogP contribution < -0.4 is 15.7 Å². The van der Waals surface area contributed by atoms with Crippen molar-refractivity contribution in [2.75, 3.05) is 12.9 Å². The molecule has 1 amide bonds. The van der Waals surface area contributed by atoms with Crippen LogP contribution in [-0.2, 0) is 4.79 Å². The molecule has 0 aliphatic rings.